The second-order valence-corrected chi connectivity index (χ2v) is 9.98. The lowest BCUT2D eigenvalue weighted by Gasteiger charge is -2.00. The third-order valence-electron chi connectivity index (χ3n) is 7.31. The van der Waals surface area contributed by atoms with Crippen molar-refractivity contribution in [3.8, 4) is 22.8 Å². The highest BCUT2D eigenvalue weighted by atomic mass is 16.4. The van der Waals surface area contributed by atoms with Crippen molar-refractivity contribution in [3.63, 3.8) is 0 Å². The van der Waals surface area contributed by atoms with Crippen molar-refractivity contribution in [2.75, 3.05) is 0 Å². The van der Waals surface area contributed by atoms with E-state index < -0.39 is 0 Å². The summed E-state index contributed by atoms with van der Waals surface area (Å²) in [6, 6.07) is 30.8. The molecule has 0 saturated carbocycles. The van der Waals surface area contributed by atoms with Crippen LogP contribution < -0.4 is 11.6 Å². The van der Waals surface area contributed by atoms with Crippen molar-refractivity contribution in [2.24, 2.45) is 16.8 Å². The van der Waals surface area contributed by atoms with Gasteiger partial charge in [0, 0.05) is 50.6 Å². The van der Waals surface area contributed by atoms with Gasteiger partial charge in [-0.1, -0.05) is 102 Å². The largest absolute Gasteiger partial charge is 0.409 e. The lowest BCUT2D eigenvalue weighted by atomic mass is 10.1. The van der Waals surface area contributed by atoms with Crippen LogP contribution in [0.5, 0.6) is 0 Å². The van der Waals surface area contributed by atoms with Gasteiger partial charge in [0.2, 0.25) is 0 Å². The van der Waals surface area contributed by atoms with E-state index >= 15 is 0 Å². The van der Waals surface area contributed by atoms with Crippen LogP contribution in [0.1, 0.15) is 5.56 Å². The average molecular weight is 607 g/mol. The van der Waals surface area contributed by atoms with E-state index in [0.29, 0.717) is 22.5 Å². The minimum Gasteiger partial charge on any atom is -0.409 e. The molecule has 4 heterocycles. The van der Waals surface area contributed by atoms with Gasteiger partial charge in [0.25, 0.3) is 0 Å². The summed E-state index contributed by atoms with van der Waals surface area (Å²) >= 11 is 0. The number of imidazole rings is 2. The Morgan fingerprint density at radius 2 is 1.13 bits per heavy atom. The van der Waals surface area contributed by atoms with Gasteiger partial charge in [0.05, 0.1) is 17.6 Å². The van der Waals surface area contributed by atoms with Crippen LogP contribution in [0.3, 0.4) is 0 Å². The molecule has 0 atom stereocenters. The van der Waals surface area contributed by atoms with Crippen LogP contribution in [0.25, 0.3) is 71.5 Å². The van der Waals surface area contributed by atoms with Gasteiger partial charge >= 0.3 is 0 Å². The van der Waals surface area contributed by atoms with Crippen LogP contribution >= 0.6 is 0 Å². The van der Waals surface area contributed by atoms with Gasteiger partial charge in [0.1, 0.15) is 11.6 Å². The number of benzene rings is 4. The van der Waals surface area contributed by atoms with Crippen LogP contribution in [0.2, 0.25) is 0 Å². The van der Waals surface area contributed by atoms with Gasteiger partial charge in [-0.15, -0.1) is 0 Å². The number of amidine groups is 1. The maximum atomic E-state index is 8.71. The molecule has 0 aliphatic rings. The second kappa shape index (κ2) is 12.9. The van der Waals surface area contributed by atoms with Crippen molar-refractivity contribution < 1.29 is 10.4 Å². The fourth-order valence-corrected chi connectivity index (χ4v) is 5.05. The molecule has 8 rings (SSSR count). The lowest BCUT2D eigenvalue weighted by Crippen LogP contribution is -2.12. The van der Waals surface area contributed by atoms with Gasteiger partial charge in [-0.05, 0) is 0 Å². The number of H-pyrrole nitrogens is 2. The molecule has 46 heavy (non-hydrogen) atoms. The van der Waals surface area contributed by atoms with E-state index in [1.165, 1.54) is 0 Å². The summed E-state index contributed by atoms with van der Waals surface area (Å²) in [7, 11) is 0. The van der Waals surface area contributed by atoms with Gasteiger partial charge in [-0.25, -0.2) is 30.7 Å². The predicted molar refractivity (Wildman–Crippen MR) is 178 cm³/mol. The Morgan fingerprint density at radius 3 is 1.59 bits per heavy atom. The summed E-state index contributed by atoms with van der Waals surface area (Å²) in [5.41, 5.74) is 11.9. The summed E-state index contributed by atoms with van der Waals surface area (Å²) < 4.78 is 0. The van der Waals surface area contributed by atoms with E-state index in [-0.39, 0.29) is 5.84 Å². The minimum absolute atomic E-state index is 0.0776. The molecule has 0 spiro atoms. The zero-order valence-corrected chi connectivity index (χ0v) is 24.1. The number of aromatic nitrogens is 6. The maximum Gasteiger partial charge on any atom is 0.187 e. The van der Waals surface area contributed by atoms with E-state index in [1.54, 1.807) is 24.3 Å². The number of nitrogens with one attached hydrogen (secondary N) is 2. The van der Waals surface area contributed by atoms with Gasteiger partial charge in [-0.3, -0.25) is 0 Å². The molecular formula is C34H26N10O2. The van der Waals surface area contributed by atoms with Crippen molar-refractivity contribution >= 4 is 55.4 Å². The highest BCUT2D eigenvalue weighted by molar-refractivity contribution is 6.04. The molecular weight excluding hydrogens is 580 g/mol. The van der Waals surface area contributed by atoms with Crippen LogP contribution in [0.15, 0.2) is 115 Å². The number of oxime groups is 1. The Bertz CT molecular complexity index is 2370. The van der Waals surface area contributed by atoms with Crippen LogP contribution in [-0.2, 0) is 0 Å². The molecule has 12 heteroatoms. The third kappa shape index (κ3) is 5.65. The minimum atomic E-state index is 0.0776. The number of fused-ring (bicyclic) bond motifs is 6. The number of aromatic amines is 2. The number of hydrogen-bond acceptors (Lipinski definition) is 8. The summed E-state index contributed by atoms with van der Waals surface area (Å²) in [6.07, 6.45) is 3.66. The lowest BCUT2D eigenvalue weighted by molar-refractivity contribution is 0.311. The van der Waals surface area contributed by atoms with Gasteiger partial charge in [-0.2, -0.15) is 0 Å². The molecule has 8 N–H and O–H groups in total. The summed E-state index contributed by atoms with van der Waals surface area (Å²) in [5.74, 6) is 5.08. The average Bonchev–Trinajstić information content (AvgIpc) is 3.78. The van der Waals surface area contributed by atoms with Crippen molar-refractivity contribution in [1.82, 2.24) is 29.9 Å². The number of hydrogen-bond donors (Lipinski definition) is 6. The molecule has 4 aromatic carbocycles. The SMILES string of the molecule is N/C(=N/O)c1ccc(-c2nc3ncc4ccccc4c3[nH]2)cc1.NO.[C-]#[N+]c1ccc(-c2nc3ncc4ccccc4c3[nH]2)cc1. The van der Waals surface area contributed by atoms with Crippen molar-refractivity contribution in [3.05, 3.63) is 126 Å². The Hall–Kier alpha value is -6.68. The smallest absolute Gasteiger partial charge is 0.187 e. The summed E-state index contributed by atoms with van der Waals surface area (Å²) in [6.45, 7) is 6.99. The third-order valence-corrected chi connectivity index (χ3v) is 7.31. The van der Waals surface area contributed by atoms with E-state index in [1.807, 2.05) is 79.1 Å². The maximum absolute atomic E-state index is 8.71. The second-order valence-electron chi connectivity index (χ2n) is 9.98. The Labute approximate surface area is 261 Å². The molecule has 8 aromatic rings. The zero-order chi connectivity index (χ0) is 32.0. The first-order valence-corrected chi connectivity index (χ1v) is 13.9. The standard InChI is InChI=1S/C17H13N5O.C17H10N4.H3NO/c18-15(22-23)10-5-7-11(8-6-10)16-20-14-13-4-2-1-3-12(13)9-19-17(14)21-16;1-18-13-8-6-11(7-9-13)16-20-15-14-5-3-2-4-12(14)10-19-17(15)21-16;1-2/h1-9,23H,(H2,18,22)(H,19,20,21);2-10H,(H,19,20,21);2H,1H2. The Morgan fingerprint density at radius 1 is 0.674 bits per heavy atom. The fourth-order valence-electron chi connectivity index (χ4n) is 5.05. The topological polar surface area (TPSA) is 192 Å². The van der Waals surface area contributed by atoms with Crippen LogP contribution in [-0.4, -0.2) is 46.2 Å². The first kappa shape index (κ1) is 29.4. The molecule has 0 aliphatic carbocycles. The molecule has 4 aromatic heterocycles. The van der Waals surface area contributed by atoms with Gasteiger partial charge in [0.15, 0.2) is 22.8 Å². The molecule has 224 valence electrons. The molecule has 0 bridgehead atoms. The molecule has 0 saturated heterocycles. The van der Waals surface area contributed by atoms with Crippen LogP contribution in [0.4, 0.5) is 5.69 Å². The predicted octanol–water partition coefficient (Wildman–Crippen LogP) is 6.54. The monoisotopic (exact) mass is 606 g/mol. The van der Waals surface area contributed by atoms with E-state index in [9.17, 15) is 0 Å². The zero-order valence-electron chi connectivity index (χ0n) is 24.1. The molecule has 0 aliphatic heterocycles. The molecule has 0 radical (unpaired) electrons. The number of pyridine rings is 2. The van der Waals surface area contributed by atoms with Crippen LogP contribution in [0, 0.1) is 6.57 Å². The fraction of sp³-hybridized carbons (Fsp3) is 0. The molecule has 0 amide bonds. The molecule has 12 nitrogen and oxygen atoms in total. The quantitative estimate of drug-likeness (QED) is 0.0429. The van der Waals surface area contributed by atoms with E-state index in [2.05, 4.69) is 51.9 Å². The molecule has 0 fully saturated rings. The first-order chi connectivity index (χ1) is 22.6. The highest BCUT2D eigenvalue weighted by Gasteiger charge is 2.11. The normalized spacial score (nSPS) is 11.1. The summed E-state index contributed by atoms with van der Waals surface area (Å²) in [5, 5.41) is 22.5. The number of nitrogens with zero attached hydrogens (tertiary/aromatic N) is 6. The van der Waals surface area contributed by atoms with Gasteiger partial charge < -0.3 is 26.1 Å². The van der Waals surface area contributed by atoms with E-state index in [4.69, 9.17) is 22.7 Å². The summed E-state index contributed by atoms with van der Waals surface area (Å²) in [4.78, 5) is 28.0. The number of nitrogens with two attached hydrogens (primary N) is 2. The Kier molecular flexibility index (Phi) is 8.24. The highest BCUT2D eigenvalue weighted by Crippen LogP contribution is 2.27. The van der Waals surface area contributed by atoms with Crippen molar-refractivity contribution in [1.29, 1.82) is 0 Å². The number of rotatable bonds is 3. The Balaban J connectivity index is 0.000000154. The van der Waals surface area contributed by atoms with E-state index in [0.717, 1.165) is 55.4 Å². The molecule has 0 unspecified atom stereocenters. The van der Waals surface area contributed by atoms with Crippen molar-refractivity contribution in [2.45, 2.75) is 0 Å². The first-order valence-electron chi connectivity index (χ1n) is 13.9.